The van der Waals surface area contributed by atoms with Gasteiger partial charge in [0, 0.05) is 36.4 Å². The third kappa shape index (κ3) is 3.22. The lowest BCUT2D eigenvalue weighted by Crippen LogP contribution is -2.38. The summed E-state index contributed by atoms with van der Waals surface area (Å²) in [6, 6.07) is 13.2. The van der Waals surface area contributed by atoms with Gasteiger partial charge in [0.25, 0.3) is 0 Å². The predicted octanol–water partition coefficient (Wildman–Crippen LogP) is 3.31. The molecule has 0 radical (unpaired) electrons. The summed E-state index contributed by atoms with van der Waals surface area (Å²) in [5.74, 6) is 0. The van der Waals surface area contributed by atoms with Crippen LogP contribution in [0.2, 0.25) is 0 Å². The first-order chi connectivity index (χ1) is 10.3. The SMILES string of the molecule is CCNCc1ccc(CN2CCN(C)c3ccccc32)s1. The van der Waals surface area contributed by atoms with Gasteiger partial charge in [0.2, 0.25) is 0 Å². The minimum absolute atomic E-state index is 0.987. The molecule has 1 aliphatic heterocycles. The molecule has 0 bridgehead atoms. The third-order valence-corrected chi connectivity index (χ3v) is 5.02. The van der Waals surface area contributed by atoms with Gasteiger partial charge in [-0.25, -0.2) is 0 Å². The number of nitrogens with one attached hydrogen (secondary N) is 1. The fourth-order valence-electron chi connectivity index (χ4n) is 2.77. The van der Waals surface area contributed by atoms with Gasteiger partial charge in [-0.2, -0.15) is 0 Å². The highest BCUT2D eigenvalue weighted by atomic mass is 32.1. The quantitative estimate of drug-likeness (QED) is 0.914. The smallest absolute Gasteiger partial charge is 0.0607 e. The lowest BCUT2D eigenvalue weighted by Gasteiger charge is -2.36. The highest BCUT2D eigenvalue weighted by Gasteiger charge is 2.20. The van der Waals surface area contributed by atoms with Crippen LogP contribution in [0.1, 0.15) is 16.7 Å². The molecule has 2 heterocycles. The zero-order valence-electron chi connectivity index (χ0n) is 12.8. The van der Waals surface area contributed by atoms with Gasteiger partial charge in [0.15, 0.2) is 0 Å². The average molecular weight is 301 g/mol. The van der Waals surface area contributed by atoms with Crippen LogP contribution in [0.15, 0.2) is 36.4 Å². The van der Waals surface area contributed by atoms with Crippen molar-refractivity contribution in [3.05, 3.63) is 46.2 Å². The fourth-order valence-corrected chi connectivity index (χ4v) is 3.77. The third-order valence-electron chi connectivity index (χ3n) is 3.95. The van der Waals surface area contributed by atoms with Crippen molar-refractivity contribution in [3.63, 3.8) is 0 Å². The number of anilines is 2. The van der Waals surface area contributed by atoms with Crippen molar-refractivity contribution in [3.8, 4) is 0 Å². The van der Waals surface area contributed by atoms with Crippen molar-refractivity contribution in [2.45, 2.75) is 20.0 Å². The zero-order chi connectivity index (χ0) is 14.7. The Bertz CT molecular complexity index is 593. The van der Waals surface area contributed by atoms with Gasteiger partial charge in [-0.1, -0.05) is 19.1 Å². The van der Waals surface area contributed by atoms with E-state index in [1.807, 2.05) is 11.3 Å². The molecule has 2 aromatic rings. The highest BCUT2D eigenvalue weighted by molar-refractivity contribution is 7.12. The maximum atomic E-state index is 3.39. The van der Waals surface area contributed by atoms with Crippen molar-refractivity contribution in [1.82, 2.24) is 5.32 Å². The molecule has 0 amide bonds. The molecular formula is C17H23N3S. The van der Waals surface area contributed by atoms with Crippen molar-refractivity contribution >= 4 is 22.7 Å². The van der Waals surface area contributed by atoms with E-state index in [1.165, 1.54) is 21.1 Å². The van der Waals surface area contributed by atoms with Crippen LogP contribution in [0, 0.1) is 0 Å². The lowest BCUT2D eigenvalue weighted by atomic mass is 10.1. The Morgan fingerprint density at radius 2 is 1.81 bits per heavy atom. The molecule has 1 aromatic carbocycles. The van der Waals surface area contributed by atoms with E-state index in [-0.39, 0.29) is 0 Å². The number of rotatable bonds is 5. The Labute approximate surface area is 131 Å². The van der Waals surface area contributed by atoms with E-state index in [0.717, 1.165) is 32.7 Å². The van der Waals surface area contributed by atoms with E-state index in [1.54, 1.807) is 0 Å². The van der Waals surface area contributed by atoms with Crippen molar-refractivity contribution in [2.75, 3.05) is 36.5 Å². The van der Waals surface area contributed by atoms with Crippen LogP contribution in [0.3, 0.4) is 0 Å². The molecule has 0 fully saturated rings. The van der Waals surface area contributed by atoms with Gasteiger partial charge in [-0.05, 0) is 30.8 Å². The average Bonchev–Trinajstić information content (AvgIpc) is 2.96. The lowest BCUT2D eigenvalue weighted by molar-refractivity contribution is 0.735. The van der Waals surface area contributed by atoms with Gasteiger partial charge in [-0.15, -0.1) is 11.3 Å². The van der Waals surface area contributed by atoms with Crippen LogP contribution in [-0.2, 0) is 13.1 Å². The molecule has 1 N–H and O–H groups in total. The molecule has 1 aliphatic rings. The van der Waals surface area contributed by atoms with Crippen LogP contribution >= 0.6 is 11.3 Å². The first kappa shape index (κ1) is 14.4. The molecule has 0 atom stereocenters. The molecule has 0 unspecified atom stereocenters. The Morgan fingerprint density at radius 3 is 2.62 bits per heavy atom. The number of likely N-dealkylation sites (N-methyl/N-ethyl adjacent to an activating group) is 1. The van der Waals surface area contributed by atoms with E-state index in [2.05, 4.69) is 65.5 Å². The minimum atomic E-state index is 0.987. The first-order valence-electron chi connectivity index (χ1n) is 7.61. The van der Waals surface area contributed by atoms with E-state index < -0.39 is 0 Å². The van der Waals surface area contributed by atoms with Gasteiger partial charge in [0.05, 0.1) is 17.9 Å². The first-order valence-corrected chi connectivity index (χ1v) is 8.43. The second-order valence-electron chi connectivity index (χ2n) is 5.48. The molecule has 0 spiro atoms. The Balaban J connectivity index is 1.73. The van der Waals surface area contributed by atoms with Crippen LogP contribution in [0.25, 0.3) is 0 Å². The number of fused-ring (bicyclic) bond motifs is 1. The number of thiophene rings is 1. The molecule has 3 rings (SSSR count). The molecule has 112 valence electrons. The summed E-state index contributed by atoms with van der Waals surface area (Å²) in [7, 11) is 2.18. The van der Waals surface area contributed by atoms with Crippen molar-refractivity contribution in [1.29, 1.82) is 0 Å². The van der Waals surface area contributed by atoms with Gasteiger partial charge in [-0.3, -0.25) is 0 Å². The normalized spacial score (nSPS) is 14.4. The molecule has 3 nitrogen and oxygen atoms in total. The molecule has 4 heteroatoms. The Hall–Kier alpha value is -1.52. The van der Waals surface area contributed by atoms with Gasteiger partial charge in [0.1, 0.15) is 0 Å². The summed E-state index contributed by atoms with van der Waals surface area (Å²) in [6.07, 6.45) is 0. The number of para-hydroxylation sites is 2. The van der Waals surface area contributed by atoms with E-state index in [4.69, 9.17) is 0 Å². The molecule has 21 heavy (non-hydrogen) atoms. The topological polar surface area (TPSA) is 18.5 Å². The highest BCUT2D eigenvalue weighted by Crippen LogP contribution is 2.33. The van der Waals surface area contributed by atoms with E-state index >= 15 is 0 Å². The summed E-state index contributed by atoms with van der Waals surface area (Å²) in [5.41, 5.74) is 2.70. The van der Waals surface area contributed by atoms with Crippen molar-refractivity contribution < 1.29 is 0 Å². The standard InChI is InChI=1S/C17H23N3S/c1-3-18-12-14-8-9-15(21-14)13-20-11-10-19(2)16-6-4-5-7-17(16)20/h4-9,18H,3,10-13H2,1-2H3. The summed E-state index contributed by atoms with van der Waals surface area (Å²) in [5, 5.41) is 3.39. The molecule has 0 aliphatic carbocycles. The summed E-state index contributed by atoms with van der Waals surface area (Å²) in [4.78, 5) is 7.71. The van der Waals surface area contributed by atoms with Crippen molar-refractivity contribution in [2.24, 2.45) is 0 Å². The van der Waals surface area contributed by atoms with Gasteiger partial charge < -0.3 is 15.1 Å². The maximum Gasteiger partial charge on any atom is 0.0607 e. The number of benzene rings is 1. The van der Waals surface area contributed by atoms with E-state index in [9.17, 15) is 0 Å². The number of nitrogens with zero attached hydrogens (tertiary/aromatic N) is 2. The maximum absolute atomic E-state index is 3.39. The van der Waals surface area contributed by atoms with E-state index in [0.29, 0.717) is 0 Å². The monoisotopic (exact) mass is 301 g/mol. The molecule has 0 saturated heterocycles. The number of hydrogen-bond acceptors (Lipinski definition) is 4. The largest absolute Gasteiger partial charge is 0.371 e. The van der Waals surface area contributed by atoms with Crippen LogP contribution in [0.5, 0.6) is 0 Å². The summed E-state index contributed by atoms with van der Waals surface area (Å²) in [6.45, 7) is 7.36. The van der Waals surface area contributed by atoms with Crippen LogP contribution in [-0.4, -0.2) is 26.7 Å². The molecule has 0 saturated carbocycles. The summed E-state index contributed by atoms with van der Waals surface area (Å²) >= 11 is 1.92. The fraction of sp³-hybridized carbons (Fsp3) is 0.412. The Kier molecular flexibility index (Phi) is 4.46. The zero-order valence-corrected chi connectivity index (χ0v) is 13.6. The number of hydrogen-bond donors (Lipinski definition) is 1. The molecular weight excluding hydrogens is 278 g/mol. The second-order valence-corrected chi connectivity index (χ2v) is 6.73. The Morgan fingerprint density at radius 1 is 1.05 bits per heavy atom. The molecule has 1 aromatic heterocycles. The summed E-state index contributed by atoms with van der Waals surface area (Å²) < 4.78 is 0. The van der Waals surface area contributed by atoms with Gasteiger partial charge >= 0.3 is 0 Å². The van der Waals surface area contributed by atoms with Crippen LogP contribution in [0.4, 0.5) is 11.4 Å². The predicted molar refractivity (Wildman–Crippen MR) is 92.5 cm³/mol. The minimum Gasteiger partial charge on any atom is -0.371 e. The van der Waals surface area contributed by atoms with Crippen LogP contribution < -0.4 is 15.1 Å². The second kappa shape index (κ2) is 6.50.